The number of nitrogens with one attached hydrogen (secondary N) is 1. The van der Waals surface area contributed by atoms with Crippen LogP contribution in [0.1, 0.15) is 11.1 Å². The predicted molar refractivity (Wildman–Crippen MR) is 117 cm³/mol. The molecule has 0 spiro atoms. The van der Waals surface area contributed by atoms with E-state index in [4.69, 9.17) is 5.26 Å². The number of carbonyl (C=O) groups is 1. The van der Waals surface area contributed by atoms with Gasteiger partial charge in [-0.3, -0.25) is 9.69 Å². The molecule has 29 heavy (non-hydrogen) atoms. The largest absolute Gasteiger partial charge is 0.324 e. The maximum atomic E-state index is 12.8. The van der Waals surface area contributed by atoms with Crippen molar-refractivity contribution in [3.05, 3.63) is 83.9 Å². The highest BCUT2D eigenvalue weighted by atomic mass is 32.2. The number of rotatable bonds is 5. The van der Waals surface area contributed by atoms with Crippen LogP contribution in [0.15, 0.2) is 77.7 Å². The van der Waals surface area contributed by atoms with E-state index in [0.29, 0.717) is 12.3 Å². The molecule has 0 fully saturated rings. The van der Waals surface area contributed by atoms with Gasteiger partial charge < -0.3 is 5.32 Å². The van der Waals surface area contributed by atoms with E-state index in [1.807, 2.05) is 36.4 Å². The standard InChI is InChI=1S/C24H21N3OS/c25-13-14-29-23-12-6-5-11-22(23)26-24(28)17-27-15-18-7-1-3-9-20(18)21-10-4-2-8-19(21)16-27/h1-12H,14-17H2,(H,26,28). The molecule has 0 bridgehead atoms. The van der Waals surface area contributed by atoms with Crippen molar-refractivity contribution in [1.29, 1.82) is 5.26 Å². The number of fused-ring (bicyclic) bond motifs is 3. The van der Waals surface area contributed by atoms with Crippen molar-refractivity contribution in [3.63, 3.8) is 0 Å². The number of nitriles is 1. The lowest BCUT2D eigenvalue weighted by atomic mass is 9.97. The summed E-state index contributed by atoms with van der Waals surface area (Å²) in [7, 11) is 0. The molecule has 0 aliphatic carbocycles. The fourth-order valence-corrected chi connectivity index (χ4v) is 4.36. The van der Waals surface area contributed by atoms with Crippen molar-refractivity contribution in [1.82, 2.24) is 4.90 Å². The van der Waals surface area contributed by atoms with Crippen LogP contribution in [0.4, 0.5) is 5.69 Å². The van der Waals surface area contributed by atoms with Gasteiger partial charge in [0.2, 0.25) is 5.91 Å². The molecule has 0 atom stereocenters. The second kappa shape index (κ2) is 8.95. The molecule has 0 saturated carbocycles. The van der Waals surface area contributed by atoms with Gasteiger partial charge in [-0.15, -0.1) is 11.8 Å². The highest BCUT2D eigenvalue weighted by Crippen LogP contribution is 2.32. The lowest BCUT2D eigenvalue weighted by Gasteiger charge is -2.21. The summed E-state index contributed by atoms with van der Waals surface area (Å²) in [5, 5.41) is 11.9. The Hall–Kier alpha value is -3.07. The molecule has 3 aromatic carbocycles. The molecule has 144 valence electrons. The molecule has 1 aliphatic heterocycles. The van der Waals surface area contributed by atoms with E-state index >= 15 is 0 Å². The number of hydrogen-bond donors (Lipinski definition) is 1. The quantitative estimate of drug-likeness (QED) is 0.619. The third-order valence-electron chi connectivity index (χ3n) is 4.93. The first kappa shape index (κ1) is 19.3. The van der Waals surface area contributed by atoms with Crippen molar-refractivity contribution in [2.75, 3.05) is 17.6 Å². The monoisotopic (exact) mass is 399 g/mol. The summed E-state index contributed by atoms with van der Waals surface area (Å²) < 4.78 is 0. The van der Waals surface area contributed by atoms with Crippen LogP contribution in [0, 0.1) is 11.3 Å². The second-order valence-corrected chi connectivity index (χ2v) is 7.97. The van der Waals surface area contributed by atoms with E-state index in [-0.39, 0.29) is 5.91 Å². The van der Waals surface area contributed by atoms with Crippen LogP contribution in [-0.2, 0) is 17.9 Å². The van der Waals surface area contributed by atoms with Crippen molar-refractivity contribution >= 4 is 23.4 Å². The molecule has 1 N–H and O–H groups in total. The van der Waals surface area contributed by atoms with Gasteiger partial charge in [0.15, 0.2) is 0 Å². The Morgan fingerprint density at radius 1 is 0.931 bits per heavy atom. The van der Waals surface area contributed by atoms with Crippen molar-refractivity contribution < 1.29 is 4.79 Å². The van der Waals surface area contributed by atoms with E-state index in [1.165, 1.54) is 34.0 Å². The summed E-state index contributed by atoms with van der Waals surface area (Å²) in [4.78, 5) is 15.9. The van der Waals surface area contributed by atoms with Gasteiger partial charge in [-0.1, -0.05) is 60.7 Å². The van der Waals surface area contributed by atoms with Crippen LogP contribution in [0.25, 0.3) is 11.1 Å². The molecule has 0 unspecified atom stereocenters. The van der Waals surface area contributed by atoms with Crippen LogP contribution in [0.5, 0.6) is 0 Å². The summed E-state index contributed by atoms with van der Waals surface area (Å²) in [6.45, 7) is 1.76. The van der Waals surface area contributed by atoms with Crippen LogP contribution in [0.3, 0.4) is 0 Å². The molecule has 0 radical (unpaired) electrons. The van der Waals surface area contributed by atoms with Gasteiger partial charge in [-0.25, -0.2) is 0 Å². The molecule has 4 nitrogen and oxygen atoms in total. The summed E-state index contributed by atoms with van der Waals surface area (Å²) in [6.07, 6.45) is 0. The molecule has 4 rings (SSSR count). The molecule has 1 heterocycles. The Balaban J connectivity index is 1.52. The zero-order chi connectivity index (χ0) is 20.1. The number of thioether (sulfide) groups is 1. The second-order valence-electron chi connectivity index (χ2n) is 6.95. The number of nitrogens with zero attached hydrogens (tertiary/aromatic N) is 2. The number of carbonyl (C=O) groups excluding carboxylic acids is 1. The zero-order valence-electron chi connectivity index (χ0n) is 16.0. The molecule has 0 aromatic heterocycles. The molecular formula is C24H21N3OS. The number of amides is 1. The molecule has 1 amide bonds. The van der Waals surface area contributed by atoms with Crippen LogP contribution >= 0.6 is 11.8 Å². The minimum Gasteiger partial charge on any atom is -0.324 e. The highest BCUT2D eigenvalue weighted by molar-refractivity contribution is 7.99. The van der Waals surface area contributed by atoms with Gasteiger partial charge in [-0.2, -0.15) is 5.26 Å². The Labute approximate surface area is 175 Å². The fourth-order valence-electron chi connectivity index (χ4n) is 3.69. The van der Waals surface area contributed by atoms with Gasteiger partial charge in [0.05, 0.1) is 24.1 Å². The minimum absolute atomic E-state index is 0.0492. The third-order valence-corrected chi connectivity index (χ3v) is 5.87. The lowest BCUT2D eigenvalue weighted by molar-refractivity contribution is -0.117. The number of para-hydroxylation sites is 1. The summed E-state index contributed by atoms with van der Waals surface area (Å²) >= 11 is 1.43. The summed E-state index contributed by atoms with van der Waals surface area (Å²) in [6, 6.07) is 26.5. The number of benzene rings is 3. The maximum Gasteiger partial charge on any atom is 0.238 e. The first-order chi connectivity index (χ1) is 14.2. The van der Waals surface area contributed by atoms with E-state index in [9.17, 15) is 4.79 Å². The Bertz CT molecular complexity index is 1030. The Kier molecular flexibility index (Phi) is 5.95. The molecule has 0 saturated heterocycles. The summed E-state index contributed by atoms with van der Waals surface area (Å²) in [5.74, 6) is 0.305. The van der Waals surface area contributed by atoms with Gasteiger partial charge >= 0.3 is 0 Å². The lowest BCUT2D eigenvalue weighted by Crippen LogP contribution is -2.32. The van der Waals surface area contributed by atoms with Crippen LogP contribution < -0.4 is 5.32 Å². The Morgan fingerprint density at radius 2 is 1.52 bits per heavy atom. The number of hydrogen-bond acceptors (Lipinski definition) is 4. The van der Waals surface area contributed by atoms with Gasteiger partial charge in [-0.05, 0) is 34.4 Å². The predicted octanol–water partition coefficient (Wildman–Crippen LogP) is 4.92. The van der Waals surface area contributed by atoms with E-state index in [1.54, 1.807) is 0 Å². The van der Waals surface area contributed by atoms with Crippen LogP contribution in [0.2, 0.25) is 0 Å². The maximum absolute atomic E-state index is 12.8. The van der Waals surface area contributed by atoms with Crippen LogP contribution in [-0.4, -0.2) is 23.1 Å². The average molecular weight is 400 g/mol. The van der Waals surface area contributed by atoms with Crippen molar-refractivity contribution in [2.24, 2.45) is 0 Å². The molecular weight excluding hydrogens is 378 g/mol. The fraction of sp³-hybridized carbons (Fsp3) is 0.167. The van der Waals surface area contributed by atoms with Crippen molar-refractivity contribution in [2.45, 2.75) is 18.0 Å². The third kappa shape index (κ3) is 4.51. The first-order valence-electron chi connectivity index (χ1n) is 9.52. The van der Waals surface area contributed by atoms with Gasteiger partial charge in [0.25, 0.3) is 0 Å². The molecule has 3 aromatic rings. The average Bonchev–Trinajstić information content (AvgIpc) is 2.89. The SMILES string of the molecule is N#CCSc1ccccc1NC(=O)CN1Cc2ccccc2-c2ccccc2C1. The zero-order valence-corrected chi connectivity index (χ0v) is 16.8. The summed E-state index contributed by atoms with van der Waals surface area (Å²) in [5.41, 5.74) is 5.70. The number of anilines is 1. The Morgan fingerprint density at radius 3 is 2.17 bits per heavy atom. The van der Waals surface area contributed by atoms with Crippen molar-refractivity contribution in [3.8, 4) is 17.2 Å². The topological polar surface area (TPSA) is 56.1 Å². The minimum atomic E-state index is -0.0492. The first-order valence-corrected chi connectivity index (χ1v) is 10.5. The normalized spacial score (nSPS) is 12.9. The highest BCUT2D eigenvalue weighted by Gasteiger charge is 2.20. The smallest absolute Gasteiger partial charge is 0.238 e. The van der Waals surface area contributed by atoms with Gasteiger partial charge in [0.1, 0.15) is 0 Å². The molecule has 5 heteroatoms. The van der Waals surface area contributed by atoms with E-state index < -0.39 is 0 Å². The van der Waals surface area contributed by atoms with Gasteiger partial charge in [0, 0.05) is 18.0 Å². The van der Waals surface area contributed by atoms with E-state index in [2.05, 4.69) is 52.7 Å². The van der Waals surface area contributed by atoms with E-state index in [0.717, 1.165) is 23.7 Å². The molecule has 1 aliphatic rings.